The molecule has 1 aromatic carbocycles. The number of aliphatic imine (C=N–C) groups is 1. The summed E-state index contributed by atoms with van der Waals surface area (Å²) in [4.78, 5) is 8.43. The molecule has 0 amide bonds. The number of oxazole rings is 1. The quantitative estimate of drug-likeness (QED) is 0.653. The zero-order valence-electron chi connectivity index (χ0n) is 14.7. The van der Waals surface area contributed by atoms with Crippen molar-refractivity contribution in [2.75, 3.05) is 13.6 Å². The molecular weight excluding hydrogens is 307 g/mol. The molecule has 1 aromatic heterocycles. The lowest BCUT2D eigenvalue weighted by molar-refractivity contribution is 0.379. The number of aromatic nitrogens is 1. The van der Waals surface area contributed by atoms with Gasteiger partial charge in [0.25, 0.3) is 0 Å². The first-order valence-corrected chi connectivity index (χ1v) is 8.02. The minimum Gasteiger partial charge on any atom is -0.443 e. The van der Waals surface area contributed by atoms with Gasteiger partial charge in [0.2, 0.25) is 5.89 Å². The highest BCUT2D eigenvalue weighted by molar-refractivity contribution is 5.79. The predicted molar refractivity (Wildman–Crippen MR) is 93.5 cm³/mol. The van der Waals surface area contributed by atoms with Crippen molar-refractivity contribution in [1.82, 2.24) is 15.6 Å². The zero-order chi connectivity index (χ0) is 17.6. The van der Waals surface area contributed by atoms with Crippen molar-refractivity contribution in [3.8, 4) is 0 Å². The largest absolute Gasteiger partial charge is 0.443 e. The Hall–Kier alpha value is -2.37. The highest BCUT2D eigenvalue weighted by atomic mass is 19.1. The molecule has 0 fully saturated rings. The van der Waals surface area contributed by atoms with Crippen molar-refractivity contribution in [1.29, 1.82) is 0 Å². The van der Waals surface area contributed by atoms with Gasteiger partial charge in [0.15, 0.2) is 5.96 Å². The lowest BCUT2D eigenvalue weighted by atomic mass is 9.94. The van der Waals surface area contributed by atoms with Gasteiger partial charge < -0.3 is 15.1 Å². The minimum absolute atomic E-state index is 0.0594. The molecule has 0 bridgehead atoms. The molecular formula is C18H25FN4O. The maximum Gasteiger partial charge on any atom is 0.213 e. The predicted octanol–water partition coefficient (Wildman–Crippen LogP) is 3.02. The summed E-state index contributed by atoms with van der Waals surface area (Å²) in [6.45, 7) is 7.35. The average molecular weight is 332 g/mol. The van der Waals surface area contributed by atoms with Crippen molar-refractivity contribution in [3.63, 3.8) is 0 Å². The Kier molecular flexibility index (Phi) is 5.95. The molecule has 2 aromatic rings. The number of nitrogens with one attached hydrogen (secondary N) is 2. The van der Waals surface area contributed by atoms with E-state index in [9.17, 15) is 4.39 Å². The van der Waals surface area contributed by atoms with E-state index in [4.69, 9.17) is 4.42 Å². The molecule has 0 aliphatic heterocycles. The molecule has 2 rings (SSSR count). The first kappa shape index (κ1) is 18.0. The van der Waals surface area contributed by atoms with Crippen molar-refractivity contribution >= 4 is 5.96 Å². The molecule has 0 unspecified atom stereocenters. The Morgan fingerprint density at radius 1 is 1.29 bits per heavy atom. The van der Waals surface area contributed by atoms with Crippen LogP contribution in [-0.4, -0.2) is 24.5 Å². The van der Waals surface area contributed by atoms with E-state index in [1.54, 1.807) is 25.4 Å². The van der Waals surface area contributed by atoms with E-state index in [2.05, 4.69) is 41.4 Å². The summed E-state index contributed by atoms with van der Waals surface area (Å²) in [6, 6.07) is 6.60. The van der Waals surface area contributed by atoms with E-state index in [0.717, 1.165) is 11.3 Å². The van der Waals surface area contributed by atoms with Gasteiger partial charge >= 0.3 is 0 Å². The Bertz CT molecular complexity index is 688. The van der Waals surface area contributed by atoms with Crippen molar-refractivity contribution < 1.29 is 8.81 Å². The molecule has 130 valence electrons. The van der Waals surface area contributed by atoms with E-state index < -0.39 is 0 Å². The highest BCUT2D eigenvalue weighted by Gasteiger charge is 2.19. The monoisotopic (exact) mass is 332 g/mol. The molecule has 5 nitrogen and oxygen atoms in total. The molecule has 0 atom stereocenters. The fraction of sp³-hybridized carbons (Fsp3) is 0.444. The van der Waals surface area contributed by atoms with Crippen LogP contribution in [0.25, 0.3) is 0 Å². The van der Waals surface area contributed by atoms with Crippen LogP contribution in [0.1, 0.15) is 38.0 Å². The Labute approximate surface area is 142 Å². The smallest absolute Gasteiger partial charge is 0.213 e. The zero-order valence-corrected chi connectivity index (χ0v) is 14.7. The molecule has 6 heteroatoms. The second-order valence-electron chi connectivity index (χ2n) is 6.60. The average Bonchev–Trinajstić information content (AvgIpc) is 3.00. The summed E-state index contributed by atoms with van der Waals surface area (Å²) in [5.74, 6) is 1.91. The van der Waals surface area contributed by atoms with Gasteiger partial charge in [0.1, 0.15) is 11.6 Å². The number of halogens is 1. The Balaban J connectivity index is 1.79. The molecule has 1 heterocycles. The van der Waals surface area contributed by atoms with Crippen LogP contribution in [0.3, 0.4) is 0 Å². The summed E-state index contributed by atoms with van der Waals surface area (Å²) in [5, 5.41) is 6.35. The van der Waals surface area contributed by atoms with E-state index in [1.165, 1.54) is 6.07 Å². The van der Waals surface area contributed by atoms with Crippen molar-refractivity contribution in [2.45, 2.75) is 39.2 Å². The Morgan fingerprint density at radius 3 is 2.71 bits per heavy atom. The molecule has 0 aliphatic carbocycles. The van der Waals surface area contributed by atoms with Gasteiger partial charge in [-0.1, -0.05) is 32.9 Å². The molecule has 24 heavy (non-hydrogen) atoms. The summed E-state index contributed by atoms with van der Waals surface area (Å²) < 4.78 is 18.9. The fourth-order valence-electron chi connectivity index (χ4n) is 2.14. The van der Waals surface area contributed by atoms with Gasteiger partial charge in [-0.15, -0.1) is 0 Å². The number of hydrogen-bond acceptors (Lipinski definition) is 3. The van der Waals surface area contributed by atoms with Crippen LogP contribution >= 0.6 is 0 Å². The van der Waals surface area contributed by atoms with Crippen LogP contribution in [0.2, 0.25) is 0 Å². The summed E-state index contributed by atoms with van der Waals surface area (Å²) in [7, 11) is 1.70. The van der Waals surface area contributed by atoms with Gasteiger partial charge in [-0.05, 0) is 24.1 Å². The SMILES string of the molecule is CN=C(NCCc1cccc(F)c1)NCc1ncc(C(C)(C)C)o1. The first-order valence-electron chi connectivity index (χ1n) is 8.02. The summed E-state index contributed by atoms with van der Waals surface area (Å²) in [5.41, 5.74) is 0.885. The van der Waals surface area contributed by atoms with Crippen LogP contribution in [0.15, 0.2) is 39.9 Å². The number of benzene rings is 1. The third-order valence-electron chi connectivity index (χ3n) is 3.52. The minimum atomic E-state index is -0.214. The van der Waals surface area contributed by atoms with Gasteiger partial charge in [-0.2, -0.15) is 0 Å². The number of guanidine groups is 1. The molecule has 0 radical (unpaired) electrons. The van der Waals surface area contributed by atoms with Crippen LogP contribution < -0.4 is 10.6 Å². The highest BCUT2D eigenvalue weighted by Crippen LogP contribution is 2.22. The molecule has 0 spiro atoms. The van der Waals surface area contributed by atoms with Gasteiger partial charge in [0, 0.05) is 19.0 Å². The second kappa shape index (κ2) is 7.95. The van der Waals surface area contributed by atoms with Gasteiger partial charge in [-0.25, -0.2) is 9.37 Å². The normalized spacial score (nSPS) is 12.3. The Morgan fingerprint density at radius 2 is 2.08 bits per heavy atom. The number of rotatable bonds is 5. The van der Waals surface area contributed by atoms with E-state index in [-0.39, 0.29) is 11.2 Å². The molecule has 0 saturated carbocycles. The lowest BCUT2D eigenvalue weighted by Gasteiger charge is -2.13. The van der Waals surface area contributed by atoms with Crippen molar-refractivity contribution in [3.05, 3.63) is 53.5 Å². The second-order valence-corrected chi connectivity index (χ2v) is 6.60. The van der Waals surface area contributed by atoms with E-state index in [1.807, 2.05) is 6.07 Å². The van der Waals surface area contributed by atoms with Crippen LogP contribution in [-0.2, 0) is 18.4 Å². The van der Waals surface area contributed by atoms with E-state index in [0.29, 0.717) is 31.4 Å². The number of nitrogens with zero attached hydrogens (tertiary/aromatic N) is 2. The summed E-state index contributed by atoms with van der Waals surface area (Å²) >= 11 is 0. The number of hydrogen-bond donors (Lipinski definition) is 2. The van der Waals surface area contributed by atoms with Crippen LogP contribution in [0.5, 0.6) is 0 Å². The van der Waals surface area contributed by atoms with Crippen molar-refractivity contribution in [2.24, 2.45) is 4.99 Å². The van der Waals surface area contributed by atoms with Crippen LogP contribution in [0.4, 0.5) is 4.39 Å². The van der Waals surface area contributed by atoms with E-state index >= 15 is 0 Å². The van der Waals surface area contributed by atoms with Crippen LogP contribution in [0, 0.1) is 5.82 Å². The maximum atomic E-state index is 13.1. The maximum absolute atomic E-state index is 13.1. The third kappa shape index (κ3) is 5.37. The standard InChI is InChI=1S/C18H25FN4O/c1-18(2,3)15-11-22-16(24-15)12-23-17(20-4)21-9-8-13-6-5-7-14(19)10-13/h5-7,10-11H,8-9,12H2,1-4H3,(H2,20,21,23). The summed E-state index contributed by atoms with van der Waals surface area (Å²) in [6.07, 6.45) is 2.47. The van der Waals surface area contributed by atoms with Gasteiger partial charge in [-0.3, -0.25) is 4.99 Å². The molecule has 2 N–H and O–H groups in total. The fourth-order valence-corrected chi connectivity index (χ4v) is 2.14. The first-order chi connectivity index (χ1) is 11.4. The van der Waals surface area contributed by atoms with Gasteiger partial charge in [0.05, 0.1) is 12.7 Å². The third-order valence-corrected chi connectivity index (χ3v) is 3.52. The topological polar surface area (TPSA) is 62.5 Å². The molecule has 0 aliphatic rings. The molecule has 0 saturated heterocycles. The lowest BCUT2D eigenvalue weighted by Crippen LogP contribution is -2.37.